The lowest BCUT2D eigenvalue weighted by Gasteiger charge is -2.22. The van der Waals surface area contributed by atoms with E-state index in [1.807, 2.05) is 28.9 Å². The van der Waals surface area contributed by atoms with E-state index < -0.39 is 0 Å². The fraction of sp³-hybridized carbons (Fsp3) is 0.261. The lowest BCUT2D eigenvalue weighted by molar-refractivity contribution is 0.336. The van der Waals surface area contributed by atoms with E-state index in [4.69, 9.17) is 15.6 Å². The zero-order chi connectivity index (χ0) is 20.5. The second-order valence-electron chi connectivity index (χ2n) is 7.63. The van der Waals surface area contributed by atoms with Crippen LogP contribution in [-0.2, 0) is 0 Å². The van der Waals surface area contributed by atoms with Crippen LogP contribution in [0.3, 0.4) is 0 Å². The maximum absolute atomic E-state index is 13.4. The Labute approximate surface area is 173 Å². The number of anilines is 1. The predicted octanol–water partition coefficient (Wildman–Crippen LogP) is 5.51. The van der Waals surface area contributed by atoms with Gasteiger partial charge in [-0.25, -0.2) is 19.0 Å². The summed E-state index contributed by atoms with van der Waals surface area (Å²) in [7, 11) is 0. The molecule has 1 aliphatic carbocycles. The molecule has 0 bridgehead atoms. The van der Waals surface area contributed by atoms with Crippen LogP contribution in [0.4, 0.5) is 10.2 Å². The van der Waals surface area contributed by atoms with Gasteiger partial charge in [0, 0.05) is 11.6 Å². The lowest BCUT2D eigenvalue weighted by atomic mass is 9.96. The van der Waals surface area contributed by atoms with Gasteiger partial charge in [0.1, 0.15) is 35.2 Å². The number of benzene rings is 2. The normalized spacial score (nSPS) is 14.8. The molecule has 152 valence electrons. The molecule has 0 atom stereocenters. The highest BCUT2D eigenvalue weighted by Crippen LogP contribution is 2.36. The van der Waals surface area contributed by atoms with Gasteiger partial charge in [-0.2, -0.15) is 5.10 Å². The van der Waals surface area contributed by atoms with Crippen molar-refractivity contribution >= 4 is 16.9 Å². The molecule has 5 rings (SSSR count). The third kappa shape index (κ3) is 3.47. The van der Waals surface area contributed by atoms with Crippen molar-refractivity contribution in [3.63, 3.8) is 0 Å². The molecule has 2 aromatic heterocycles. The van der Waals surface area contributed by atoms with Gasteiger partial charge >= 0.3 is 0 Å². The van der Waals surface area contributed by atoms with Gasteiger partial charge in [-0.1, -0.05) is 25.3 Å². The van der Waals surface area contributed by atoms with Crippen LogP contribution >= 0.6 is 0 Å². The summed E-state index contributed by atoms with van der Waals surface area (Å²) in [5.74, 6) is 1.16. The van der Waals surface area contributed by atoms with Crippen LogP contribution in [0.2, 0.25) is 0 Å². The van der Waals surface area contributed by atoms with E-state index in [-0.39, 0.29) is 5.82 Å². The van der Waals surface area contributed by atoms with Gasteiger partial charge in [0.15, 0.2) is 5.65 Å². The monoisotopic (exact) mass is 403 g/mol. The molecule has 2 aromatic carbocycles. The summed E-state index contributed by atoms with van der Waals surface area (Å²) in [6, 6.07) is 13.9. The van der Waals surface area contributed by atoms with Gasteiger partial charge in [-0.3, -0.25) is 0 Å². The van der Waals surface area contributed by atoms with Crippen molar-refractivity contribution in [1.29, 1.82) is 0 Å². The topological polar surface area (TPSA) is 78.8 Å². The standard InChI is InChI=1S/C23H22FN5O/c24-16-5-4-8-19(13-16)30-18-11-9-15(10-12-18)21-20-22(25)26-14-27-23(20)29(28-21)17-6-2-1-3-7-17/h4-5,8-14,17H,1-3,6-7H2,(H2,25,26,27). The van der Waals surface area contributed by atoms with Crippen LogP contribution in [0.5, 0.6) is 11.5 Å². The molecule has 1 fully saturated rings. The van der Waals surface area contributed by atoms with Gasteiger partial charge in [0.05, 0.1) is 11.4 Å². The minimum Gasteiger partial charge on any atom is -0.457 e. The van der Waals surface area contributed by atoms with Crippen molar-refractivity contribution in [3.05, 3.63) is 60.7 Å². The summed E-state index contributed by atoms with van der Waals surface area (Å²) >= 11 is 0. The molecule has 0 amide bonds. The zero-order valence-electron chi connectivity index (χ0n) is 16.5. The van der Waals surface area contributed by atoms with Gasteiger partial charge in [0.2, 0.25) is 0 Å². The number of ether oxygens (including phenoxy) is 1. The molecule has 1 saturated carbocycles. The van der Waals surface area contributed by atoms with E-state index in [9.17, 15) is 4.39 Å². The molecular weight excluding hydrogens is 381 g/mol. The molecule has 4 aromatic rings. The largest absolute Gasteiger partial charge is 0.457 e. The highest BCUT2D eigenvalue weighted by molar-refractivity contribution is 5.98. The number of hydrogen-bond acceptors (Lipinski definition) is 5. The third-order valence-corrected chi connectivity index (χ3v) is 5.60. The van der Waals surface area contributed by atoms with Crippen molar-refractivity contribution in [2.45, 2.75) is 38.1 Å². The summed E-state index contributed by atoms with van der Waals surface area (Å²) in [5, 5.41) is 5.69. The van der Waals surface area contributed by atoms with Crippen LogP contribution in [0.1, 0.15) is 38.1 Å². The van der Waals surface area contributed by atoms with Gasteiger partial charge in [0.25, 0.3) is 0 Å². The molecule has 2 N–H and O–H groups in total. The Balaban J connectivity index is 1.51. The minimum absolute atomic E-state index is 0.333. The first-order chi connectivity index (χ1) is 14.7. The summed E-state index contributed by atoms with van der Waals surface area (Å²) < 4.78 is 21.2. The number of halogens is 1. The lowest BCUT2D eigenvalue weighted by Crippen LogP contribution is -2.14. The average Bonchev–Trinajstić information content (AvgIpc) is 3.16. The SMILES string of the molecule is Nc1ncnc2c1c(-c1ccc(Oc3cccc(F)c3)cc1)nn2C1CCCCC1. The average molecular weight is 403 g/mol. The van der Waals surface area contributed by atoms with Crippen LogP contribution in [0.15, 0.2) is 54.9 Å². The van der Waals surface area contributed by atoms with Crippen molar-refractivity contribution in [3.8, 4) is 22.8 Å². The number of nitrogens with two attached hydrogens (primary N) is 1. The van der Waals surface area contributed by atoms with Crippen molar-refractivity contribution in [2.75, 3.05) is 5.73 Å². The fourth-order valence-electron chi connectivity index (χ4n) is 4.13. The Morgan fingerprint density at radius 2 is 1.77 bits per heavy atom. The summed E-state index contributed by atoms with van der Waals surface area (Å²) in [6.07, 6.45) is 7.37. The minimum atomic E-state index is -0.334. The van der Waals surface area contributed by atoms with Crippen molar-refractivity contribution < 1.29 is 9.13 Å². The first-order valence-corrected chi connectivity index (χ1v) is 10.2. The fourth-order valence-corrected chi connectivity index (χ4v) is 4.13. The van der Waals surface area contributed by atoms with Crippen LogP contribution in [-0.4, -0.2) is 19.7 Å². The summed E-state index contributed by atoms with van der Waals surface area (Å²) in [6.45, 7) is 0. The van der Waals surface area contributed by atoms with E-state index in [1.54, 1.807) is 12.1 Å². The molecule has 1 aliphatic rings. The first kappa shape index (κ1) is 18.5. The van der Waals surface area contributed by atoms with Gasteiger partial charge in [-0.15, -0.1) is 0 Å². The molecule has 30 heavy (non-hydrogen) atoms. The number of nitrogen functional groups attached to an aromatic ring is 1. The Morgan fingerprint density at radius 1 is 0.967 bits per heavy atom. The van der Waals surface area contributed by atoms with Gasteiger partial charge in [-0.05, 0) is 49.2 Å². The molecule has 0 saturated heterocycles. The number of nitrogens with zero attached hydrogens (tertiary/aromatic N) is 4. The summed E-state index contributed by atoms with van der Waals surface area (Å²) in [5.41, 5.74) is 8.68. The third-order valence-electron chi connectivity index (χ3n) is 5.60. The quantitative estimate of drug-likeness (QED) is 0.486. The molecule has 6 nitrogen and oxygen atoms in total. The Kier molecular flexibility index (Phi) is 4.78. The number of fused-ring (bicyclic) bond motifs is 1. The van der Waals surface area contributed by atoms with Crippen LogP contribution in [0.25, 0.3) is 22.3 Å². The smallest absolute Gasteiger partial charge is 0.164 e. The molecule has 0 radical (unpaired) electrons. The first-order valence-electron chi connectivity index (χ1n) is 10.2. The maximum atomic E-state index is 13.4. The van der Waals surface area contributed by atoms with E-state index in [2.05, 4.69) is 9.97 Å². The molecule has 7 heteroatoms. The number of hydrogen-bond donors (Lipinski definition) is 1. The van der Waals surface area contributed by atoms with Crippen molar-refractivity contribution in [2.24, 2.45) is 0 Å². The Bertz CT molecular complexity index is 1180. The van der Waals surface area contributed by atoms with E-state index in [1.165, 1.54) is 37.7 Å². The van der Waals surface area contributed by atoms with Crippen LogP contribution < -0.4 is 10.5 Å². The molecular formula is C23H22FN5O. The highest BCUT2D eigenvalue weighted by Gasteiger charge is 2.23. The molecule has 0 spiro atoms. The molecule has 0 unspecified atom stereocenters. The van der Waals surface area contributed by atoms with Gasteiger partial charge < -0.3 is 10.5 Å². The number of rotatable bonds is 4. The van der Waals surface area contributed by atoms with E-state index in [0.29, 0.717) is 23.4 Å². The Morgan fingerprint density at radius 3 is 2.53 bits per heavy atom. The summed E-state index contributed by atoms with van der Waals surface area (Å²) in [4.78, 5) is 8.68. The second-order valence-corrected chi connectivity index (χ2v) is 7.63. The zero-order valence-corrected chi connectivity index (χ0v) is 16.5. The van der Waals surface area contributed by atoms with Crippen molar-refractivity contribution in [1.82, 2.24) is 19.7 Å². The second kappa shape index (κ2) is 7.74. The van der Waals surface area contributed by atoms with E-state index in [0.717, 1.165) is 35.1 Å². The van der Waals surface area contributed by atoms with E-state index >= 15 is 0 Å². The highest BCUT2D eigenvalue weighted by atomic mass is 19.1. The Hall–Kier alpha value is -3.48. The maximum Gasteiger partial charge on any atom is 0.164 e. The predicted molar refractivity (Wildman–Crippen MR) is 114 cm³/mol. The molecule has 0 aliphatic heterocycles. The molecule has 2 heterocycles. The van der Waals surface area contributed by atoms with Crippen LogP contribution in [0, 0.1) is 5.82 Å². The number of aromatic nitrogens is 4.